The Kier molecular flexibility index (Phi) is 4.90. The SMILES string of the molecule is CCCOc1ccc(CN(C)C)cc1[N+](=O)[O-]. The Morgan fingerprint density at radius 3 is 2.65 bits per heavy atom. The van der Waals surface area contributed by atoms with E-state index in [1.165, 1.54) is 0 Å². The van der Waals surface area contributed by atoms with Crippen LogP contribution in [0.2, 0.25) is 0 Å². The first-order valence-corrected chi connectivity index (χ1v) is 5.59. The van der Waals surface area contributed by atoms with Crippen LogP contribution in [-0.2, 0) is 6.54 Å². The molecule has 0 spiro atoms. The summed E-state index contributed by atoms with van der Waals surface area (Å²) < 4.78 is 5.35. The third-order valence-corrected chi connectivity index (χ3v) is 2.18. The van der Waals surface area contributed by atoms with Crippen molar-refractivity contribution in [3.8, 4) is 5.75 Å². The first-order chi connectivity index (χ1) is 8.04. The molecular formula is C12H18N2O3. The van der Waals surface area contributed by atoms with Crippen molar-refractivity contribution >= 4 is 5.69 Å². The molecule has 0 aromatic heterocycles. The maximum absolute atomic E-state index is 10.9. The summed E-state index contributed by atoms with van der Waals surface area (Å²) in [6, 6.07) is 5.11. The van der Waals surface area contributed by atoms with Gasteiger partial charge in [-0.2, -0.15) is 0 Å². The predicted molar refractivity (Wildman–Crippen MR) is 66.3 cm³/mol. The van der Waals surface area contributed by atoms with Gasteiger partial charge in [-0.3, -0.25) is 10.1 Å². The molecule has 17 heavy (non-hydrogen) atoms. The molecule has 5 heteroatoms. The number of ether oxygens (including phenoxy) is 1. The molecule has 0 saturated heterocycles. The van der Waals surface area contributed by atoms with Gasteiger partial charge in [-0.25, -0.2) is 0 Å². The molecule has 0 aliphatic carbocycles. The monoisotopic (exact) mass is 238 g/mol. The third-order valence-electron chi connectivity index (χ3n) is 2.18. The number of hydrogen-bond donors (Lipinski definition) is 0. The predicted octanol–water partition coefficient (Wildman–Crippen LogP) is 2.45. The van der Waals surface area contributed by atoms with E-state index in [-0.39, 0.29) is 5.69 Å². The topological polar surface area (TPSA) is 55.6 Å². The number of rotatable bonds is 6. The van der Waals surface area contributed by atoms with Crippen molar-refractivity contribution in [1.29, 1.82) is 0 Å². The molecule has 0 atom stereocenters. The third kappa shape index (κ3) is 4.03. The van der Waals surface area contributed by atoms with E-state index in [4.69, 9.17) is 4.74 Å². The Labute approximate surface area is 101 Å². The van der Waals surface area contributed by atoms with Gasteiger partial charge in [-0.05, 0) is 32.1 Å². The van der Waals surface area contributed by atoms with Gasteiger partial charge in [-0.1, -0.05) is 13.0 Å². The van der Waals surface area contributed by atoms with Crippen LogP contribution in [0.4, 0.5) is 5.69 Å². The largest absolute Gasteiger partial charge is 0.487 e. The van der Waals surface area contributed by atoms with E-state index in [0.29, 0.717) is 18.9 Å². The fourth-order valence-corrected chi connectivity index (χ4v) is 1.50. The first-order valence-electron chi connectivity index (χ1n) is 5.59. The van der Waals surface area contributed by atoms with Gasteiger partial charge in [0.25, 0.3) is 0 Å². The van der Waals surface area contributed by atoms with E-state index < -0.39 is 4.92 Å². The Balaban J connectivity index is 2.95. The molecule has 0 bridgehead atoms. The molecule has 0 heterocycles. The maximum atomic E-state index is 10.9. The van der Waals surface area contributed by atoms with Gasteiger partial charge in [0.2, 0.25) is 0 Å². The molecule has 1 aromatic rings. The van der Waals surface area contributed by atoms with E-state index in [1.54, 1.807) is 12.1 Å². The van der Waals surface area contributed by atoms with Crippen LogP contribution in [0.1, 0.15) is 18.9 Å². The van der Waals surface area contributed by atoms with Gasteiger partial charge in [0, 0.05) is 12.6 Å². The number of nitro benzene ring substituents is 1. The fourth-order valence-electron chi connectivity index (χ4n) is 1.50. The maximum Gasteiger partial charge on any atom is 0.311 e. The Hall–Kier alpha value is -1.62. The van der Waals surface area contributed by atoms with Crippen LogP contribution >= 0.6 is 0 Å². The summed E-state index contributed by atoms with van der Waals surface area (Å²) in [5.74, 6) is 0.347. The number of nitro groups is 1. The van der Waals surface area contributed by atoms with E-state index in [9.17, 15) is 10.1 Å². The second-order valence-electron chi connectivity index (χ2n) is 4.15. The van der Waals surface area contributed by atoms with Crippen LogP contribution in [0, 0.1) is 10.1 Å². The Bertz CT molecular complexity index is 391. The van der Waals surface area contributed by atoms with E-state index >= 15 is 0 Å². The summed E-state index contributed by atoms with van der Waals surface area (Å²) in [5, 5.41) is 10.9. The van der Waals surface area contributed by atoms with Gasteiger partial charge >= 0.3 is 5.69 Å². The zero-order chi connectivity index (χ0) is 12.8. The zero-order valence-electron chi connectivity index (χ0n) is 10.5. The summed E-state index contributed by atoms with van der Waals surface area (Å²) in [6.45, 7) is 3.13. The molecule has 0 N–H and O–H groups in total. The minimum Gasteiger partial charge on any atom is -0.487 e. The van der Waals surface area contributed by atoms with Crippen molar-refractivity contribution in [1.82, 2.24) is 4.90 Å². The number of benzene rings is 1. The minimum absolute atomic E-state index is 0.0396. The average Bonchev–Trinajstić information content (AvgIpc) is 2.26. The fraction of sp³-hybridized carbons (Fsp3) is 0.500. The lowest BCUT2D eigenvalue weighted by atomic mass is 10.2. The molecule has 0 fully saturated rings. The summed E-state index contributed by atoms with van der Waals surface area (Å²) in [7, 11) is 3.85. The second-order valence-corrected chi connectivity index (χ2v) is 4.15. The first kappa shape index (κ1) is 13.4. The van der Waals surface area contributed by atoms with E-state index in [0.717, 1.165) is 12.0 Å². The molecule has 0 aliphatic rings. The number of hydrogen-bond acceptors (Lipinski definition) is 4. The van der Waals surface area contributed by atoms with Crippen LogP contribution < -0.4 is 4.74 Å². The quantitative estimate of drug-likeness (QED) is 0.564. The minimum atomic E-state index is -0.399. The lowest BCUT2D eigenvalue weighted by molar-refractivity contribution is -0.385. The van der Waals surface area contributed by atoms with Crippen LogP contribution in [0.5, 0.6) is 5.75 Å². The number of nitrogens with zero attached hydrogens (tertiary/aromatic N) is 2. The smallest absolute Gasteiger partial charge is 0.311 e. The van der Waals surface area contributed by atoms with Gasteiger partial charge in [0.05, 0.1) is 11.5 Å². The van der Waals surface area contributed by atoms with E-state index in [2.05, 4.69) is 0 Å². The van der Waals surface area contributed by atoms with Crippen LogP contribution in [0.3, 0.4) is 0 Å². The highest BCUT2D eigenvalue weighted by atomic mass is 16.6. The van der Waals surface area contributed by atoms with Crippen LogP contribution in [0.15, 0.2) is 18.2 Å². The molecule has 0 amide bonds. The standard InChI is InChI=1S/C12H18N2O3/c1-4-7-17-12-6-5-10(9-13(2)3)8-11(12)14(15)16/h5-6,8H,4,7,9H2,1-3H3. The highest BCUT2D eigenvalue weighted by molar-refractivity contribution is 5.48. The molecule has 1 rings (SSSR count). The Morgan fingerprint density at radius 1 is 1.41 bits per heavy atom. The zero-order valence-corrected chi connectivity index (χ0v) is 10.5. The summed E-state index contributed by atoms with van der Waals surface area (Å²) >= 11 is 0. The molecular weight excluding hydrogens is 220 g/mol. The molecule has 5 nitrogen and oxygen atoms in total. The normalized spacial score (nSPS) is 10.6. The molecule has 0 aliphatic heterocycles. The average molecular weight is 238 g/mol. The van der Waals surface area contributed by atoms with Crippen LogP contribution in [0.25, 0.3) is 0 Å². The van der Waals surface area contributed by atoms with Crippen molar-refractivity contribution in [2.75, 3.05) is 20.7 Å². The molecule has 0 unspecified atom stereocenters. The van der Waals surface area contributed by atoms with Gasteiger partial charge in [0.15, 0.2) is 5.75 Å². The van der Waals surface area contributed by atoms with Crippen LogP contribution in [-0.4, -0.2) is 30.5 Å². The molecule has 94 valence electrons. The summed E-state index contributed by atoms with van der Waals surface area (Å²) in [6.07, 6.45) is 0.830. The van der Waals surface area contributed by atoms with E-state index in [1.807, 2.05) is 32.0 Å². The summed E-state index contributed by atoms with van der Waals surface area (Å²) in [4.78, 5) is 12.5. The molecule has 0 radical (unpaired) electrons. The van der Waals surface area contributed by atoms with Crippen molar-refractivity contribution in [3.05, 3.63) is 33.9 Å². The van der Waals surface area contributed by atoms with Crippen molar-refractivity contribution < 1.29 is 9.66 Å². The van der Waals surface area contributed by atoms with Crippen molar-refractivity contribution in [2.24, 2.45) is 0 Å². The van der Waals surface area contributed by atoms with Gasteiger partial charge in [-0.15, -0.1) is 0 Å². The van der Waals surface area contributed by atoms with Crippen molar-refractivity contribution in [2.45, 2.75) is 19.9 Å². The van der Waals surface area contributed by atoms with Gasteiger partial charge in [0.1, 0.15) is 0 Å². The molecule has 1 aromatic carbocycles. The Morgan fingerprint density at radius 2 is 2.12 bits per heavy atom. The molecule has 0 saturated carbocycles. The highest BCUT2D eigenvalue weighted by Gasteiger charge is 2.15. The highest BCUT2D eigenvalue weighted by Crippen LogP contribution is 2.28. The van der Waals surface area contributed by atoms with Crippen molar-refractivity contribution in [3.63, 3.8) is 0 Å². The second kappa shape index (κ2) is 6.20. The lowest BCUT2D eigenvalue weighted by Gasteiger charge is -2.11. The summed E-state index contributed by atoms with van der Waals surface area (Å²) in [5.41, 5.74) is 0.948. The lowest BCUT2D eigenvalue weighted by Crippen LogP contribution is -2.11. The van der Waals surface area contributed by atoms with Gasteiger partial charge < -0.3 is 9.64 Å².